The largest absolute Gasteiger partial charge is 0.417 e. The van der Waals surface area contributed by atoms with Crippen LogP contribution in [0.3, 0.4) is 0 Å². The highest BCUT2D eigenvalue weighted by atomic mass is 79.9. The number of allylic oxidation sites excluding steroid dienone is 1. The number of ketones is 1. The molecule has 1 unspecified atom stereocenters. The van der Waals surface area contributed by atoms with Crippen LogP contribution in [0, 0.1) is 0 Å². The molecule has 0 aliphatic rings. The summed E-state index contributed by atoms with van der Waals surface area (Å²) < 4.78 is 134. The van der Waals surface area contributed by atoms with Gasteiger partial charge in [-0.3, -0.25) is 9.59 Å². The number of hydrogen-bond donors (Lipinski definition) is 1. The summed E-state index contributed by atoms with van der Waals surface area (Å²) >= 11 is 6.01. The van der Waals surface area contributed by atoms with E-state index in [1.54, 1.807) is 5.32 Å². The second-order valence-corrected chi connectivity index (χ2v) is 9.64. The summed E-state index contributed by atoms with van der Waals surface area (Å²) in [6, 6.07) is 4.81. The Morgan fingerprint density at radius 2 is 1.47 bits per heavy atom. The lowest BCUT2D eigenvalue weighted by atomic mass is 9.95. The molecular weight excluding hydrogens is 672 g/mol. The van der Waals surface area contributed by atoms with E-state index >= 15 is 0 Å². The van der Waals surface area contributed by atoms with E-state index in [9.17, 15) is 53.5 Å². The van der Waals surface area contributed by atoms with E-state index in [0.717, 1.165) is 12.1 Å². The van der Waals surface area contributed by atoms with Gasteiger partial charge in [-0.2, -0.15) is 39.5 Å². The molecule has 0 radical (unpaired) electrons. The third-order valence-electron chi connectivity index (χ3n) is 4.89. The molecule has 1 N–H and O–H groups in total. The highest BCUT2D eigenvalue weighted by Crippen LogP contribution is 2.41. The lowest BCUT2D eigenvalue weighted by Gasteiger charge is -2.19. The van der Waals surface area contributed by atoms with Crippen molar-refractivity contribution in [1.29, 1.82) is 0 Å². The van der Waals surface area contributed by atoms with Crippen molar-refractivity contribution in [3.63, 3.8) is 0 Å². The average molecular weight is 687 g/mol. The number of nitrogens with one attached hydrogen (secondary N) is 1. The van der Waals surface area contributed by atoms with Crippen molar-refractivity contribution < 1.29 is 53.5 Å². The Morgan fingerprint density at radius 3 is 1.97 bits per heavy atom. The fraction of sp³-hybridized carbons (Fsp3) is 0.304. The van der Waals surface area contributed by atoms with Crippen LogP contribution in [0.5, 0.6) is 0 Å². The number of hydrogen-bond acceptors (Lipinski definition) is 2. The zero-order valence-corrected chi connectivity index (χ0v) is 21.8. The summed E-state index contributed by atoms with van der Waals surface area (Å²) in [5.74, 6) is -6.81. The fourth-order valence-corrected chi connectivity index (χ4v) is 4.49. The topological polar surface area (TPSA) is 46.2 Å². The smallest absolute Gasteiger partial charge is 0.349 e. The van der Waals surface area contributed by atoms with E-state index in [4.69, 9.17) is 0 Å². The molecule has 2 aromatic rings. The van der Waals surface area contributed by atoms with E-state index in [0.29, 0.717) is 12.1 Å². The molecule has 0 saturated carbocycles. The second kappa shape index (κ2) is 12.2. The Bertz CT molecular complexity index is 1200. The summed E-state index contributed by atoms with van der Waals surface area (Å²) in [5.41, 5.74) is -4.10. The first-order chi connectivity index (χ1) is 17.3. The average Bonchev–Trinajstić information content (AvgIpc) is 2.76. The molecule has 208 valence electrons. The number of halogens is 12. The van der Waals surface area contributed by atoms with E-state index in [2.05, 4.69) is 31.9 Å². The standard InChI is InChI=1S/C23H15Br2F10NO2/c24-13-5-12(6-14(25)8-13)16(22(30,31)32)9-18(26)11-1-2-15(17(7-11)23(33,34)35)19(37)10-36-20(38)3-4-21(27,28)29/h1-2,5-9,16H,3-4,10H2,(H,36,38)/b18-9-. The molecule has 1 atom stereocenters. The van der Waals surface area contributed by atoms with E-state index in [1.807, 2.05) is 0 Å². The minimum Gasteiger partial charge on any atom is -0.349 e. The van der Waals surface area contributed by atoms with E-state index in [1.165, 1.54) is 6.07 Å². The molecule has 15 heteroatoms. The van der Waals surface area contributed by atoms with Gasteiger partial charge in [-0.15, -0.1) is 0 Å². The van der Waals surface area contributed by atoms with Crippen molar-refractivity contribution in [1.82, 2.24) is 5.32 Å². The van der Waals surface area contributed by atoms with Gasteiger partial charge < -0.3 is 5.32 Å². The summed E-state index contributed by atoms with van der Waals surface area (Å²) in [6.07, 6.45) is -17.4. The minimum atomic E-state index is -5.26. The van der Waals surface area contributed by atoms with Gasteiger partial charge in [-0.05, 0) is 35.9 Å². The third-order valence-corrected chi connectivity index (χ3v) is 5.81. The molecule has 3 nitrogen and oxygen atoms in total. The minimum absolute atomic E-state index is 0.0894. The Morgan fingerprint density at radius 1 is 0.895 bits per heavy atom. The Kier molecular flexibility index (Phi) is 10.2. The lowest BCUT2D eigenvalue weighted by molar-refractivity contribution is -0.144. The van der Waals surface area contributed by atoms with Crippen molar-refractivity contribution in [3.05, 3.63) is 73.7 Å². The fourth-order valence-electron chi connectivity index (χ4n) is 3.17. The number of rotatable bonds is 8. The van der Waals surface area contributed by atoms with E-state index in [-0.39, 0.29) is 21.1 Å². The SMILES string of the molecule is O=C(CCC(F)(F)F)NCC(=O)c1ccc(/C(F)=C/C(c2cc(Br)cc(Br)c2)C(F)(F)F)cc1C(F)(F)F. The normalized spacial score (nSPS) is 13.8. The second-order valence-electron chi connectivity index (χ2n) is 7.81. The summed E-state index contributed by atoms with van der Waals surface area (Å²) in [5, 5.41) is 1.77. The van der Waals surface area contributed by atoms with Crippen LogP contribution in [0.15, 0.2) is 51.4 Å². The Labute approximate surface area is 225 Å². The monoisotopic (exact) mass is 685 g/mol. The van der Waals surface area contributed by atoms with Gasteiger partial charge in [0, 0.05) is 26.5 Å². The van der Waals surface area contributed by atoms with Crippen LogP contribution in [0.4, 0.5) is 43.9 Å². The van der Waals surface area contributed by atoms with Gasteiger partial charge in [0.25, 0.3) is 0 Å². The predicted molar refractivity (Wildman–Crippen MR) is 124 cm³/mol. The molecule has 0 fully saturated rings. The molecular formula is C23H15Br2F10NO2. The number of amides is 1. The predicted octanol–water partition coefficient (Wildman–Crippen LogP) is 8.53. The molecule has 1 amide bonds. The Hall–Kier alpha value is -2.42. The van der Waals surface area contributed by atoms with Crippen LogP contribution >= 0.6 is 31.9 Å². The number of benzene rings is 2. The number of Topliss-reactive ketones (excluding diaryl/α,β-unsaturated/α-hetero) is 1. The van der Waals surface area contributed by atoms with Crippen LogP contribution in [-0.2, 0) is 11.0 Å². The van der Waals surface area contributed by atoms with Crippen LogP contribution in [0.2, 0.25) is 0 Å². The number of carbonyl (C=O) groups is 2. The molecule has 0 heterocycles. The van der Waals surface area contributed by atoms with Gasteiger partial charge in [0.05, 0.1) is 18.5 Å². The van der Waals surface area contributed by atoms with E-state index < -0.39 is 83.6 Å². The lowest BCUT2D eigenvalue weighted by Crippen LogP contribution is -2.31. The first-order valence-corrected chi connectivity index (χ1v) is 11.8. The van der Waals surface area contributed by atoms with Crippen molar-refractivity contribution in [3.8, 4) is 0 Å². The molecule has 0 aromatic heterocycles. The van der Waals surface area contributed by atoms with Crippen LogP contribution in [0.25, 0.3) is 5.83 Å². The maximum Gasteiger partial charge on any atom is 0.417 e. The van der Waals surface area contributed by atoms with Gasteiger partial charge >= 0.3 is 18.5 Å². The summed E-state index contributed by atoms with van der Waals surface area (Å²) in [6.45, 7) is -1.09. The molecule has 2 rings (SSSR count). The van der Waals surface area contributed by atoms with Crippen LogP contribution in [-0.4, -0.2) is 30.6 Å². The maximum absolute atomic E-state index is 14.9. The first-order valence-electron chi connectivity index (χ1n) is 10.3. The highest BCUT2D eigenvalue weighted by molar-refractivity contribution is 9.11. The molecule has 0 aliphatic heterocycles. The third kappa shape index (κ3) is 9.40. The molecule has 0 spiro atoms. The molecule has 38 heavy (non-hydrogen) atoms. The van der Waals surface area contributed by atoms with Crippen molar-refractivity contribution in [2.45, 2.75) is 37.3 Å². The molecule has 0 bridgehead atoms. The number of alkyl halides is 9. The zero-order chi connectivity index (χ0) is 29.1. The van der Waals surface area contributed by atoms with Crippen molar-refractivity contribution in [2.24, 2.45) is 0 Å². The summed E-state index contributed by atoms with van der Waals surface area (Å²) in [7, 11) is 0. The maximum atomic E-state index is 14.9. The quantitative estimate of drug-likeness (QED) is 0.224. The highest BCUT2D eigenvalue weighted by Gasteiger charge is 2.41. The van der Waals surface area contributed by atoms with Gasteiger partial charge in [-0.25, -0.2) is 4.39 Å². The van der Waals surface area contributed by atoms with Gasteiger partial charge in [-0.1, -0.05) is 44.0 Å². The van der Waals surface area contributed by atoms with Crippen molar-refractivity contribution >= 4 is 49.4 Å². The van der Waals surface area contributed by atoms with Crippen molar-refractivity contribution in [2.75, 3.05) is 6.54 Å². The van der Waals surface area contributed by atoms with Crippen LogP contribution in [0.1, 0.15) is 45.8 Å². The molecule has 2 aromatic carbocycles. The van der Waals surface area contributed by atoms with Gasteiger partial charge in [0.2, 0.25) is 5.91 Å². The summed E-state index contributed by atoms with van der Waals surface area (Å²) in [4.78, 5) is 23.7. The molecule has 0 aliphatic carbocycles. The van der Waals surface area contributed by atoms with Gasteiger partial charge in [0.15, 0.2) is 5.78 Å². The molecule has 0 saturated heterocycles. The Balaban J connectivity index is 2.39. The van der Waals surface area contributed by atoms with Crippen LogP contribution < -0.4 is 5.32 Å². The number of carbonyl (C=O) groups excluding carboxylic acids is 2. The first kappa shape index (κ1) is 31.8. The van der Waals surface area contributed by atoms with Gasteiger partial charge in [0.1, 0.15) is 11.7 Å². The zero-order valence-electron chi connectivity index (χ0n) is 18.6.